The molecule has 0 aromatic carbocycles. The SMILES string of the molecule is C.C.C1=CC2C(C1)C1CC2C2C3C=CC(C3)C12.C1=CC2C3C=CC(C3)C2C1.C1=CC2C3C=CC(C3)C2C1.C1=CC2CC1C1CC3C4C=CC(C4)C3C21.C1=CCC=C1.C1CC2C(C1)C1CC2C2C3CCC(C3)C12.C1CC2CC1C1CC3C4CCC(C4)C3C21.CC=O.CC=O.CC=O.CC=O. The molecule has 99 heavy (non-hydrogen) atoms. The zero-order valence-electron chi connectivity index (χ0n) is 60.3. The highest BCUT2D eigenvalue weighted by molar-refractivity contribution is 5.45. The van der Waals surface area contributed by atoms with E-state index in [1.807, 2.05) is 0 Å². The van der Waals surface area contributed by atoms with Gasteiger partial charge in [-0.25, -0.2) is 0 Å². The standard InChI is InChI=1S/C15H22.C15H18.C15H22.C15H18.2C10H12.C5H6.4C2H4O.2CH4/c2*1-3-10-5-8(1)12-7-13-9-2-4-11(6-9)15(13)14(10)12;2*1-2-10-11(3-1)13-7-12(10)14-8-4-5-9(6-8)15(13)14;2*1-2-9-7-4-5-8(6-7)10(9)3-1;1-2-4-5-3-1;4*1-2-3;;/h8-15H,1-7H2;1-4,8-15H,5-7H2;8-15H,1-7H2;1-2,4-5,8-15H,3,6-7H2;2*1-2,4-5,7-10H,3,6H2;1-4H,5H2;4*2H,1H3;2*1H4. The molecule has 0 aliphatic heterocycles. The summed E-state index contributed by atoms with van der Waals surface area (Å²) >= 11 is 0. The van der Waals surface area contributed by atoms with Gasteiger partial charge < -0.3 is 19.2 Å². The molecule has 40 unspecified atom stereocenters. The van der Waals surface area contributed by atoms with Crippen LogP contribution < -0.4 is 0 Å². The first-order chi connectivity index (χ1) is 47.8. The van der Waals surface area contributed by atoms with Crippen LogP contribution in [0.3, 0.4) is 0 Å². The third kappa shape index (κ3) is 12.1. The molecule has 40 atom stereocenters. The number of fused-ring (bicyclic) bond motifs is 56. The summed E-state index contributed by atoms with van der Waals surface area (Å²) in [6.45, 7) is 5.78. The summed E-state index contributed by atoms with van der Waals surface area (Å²) in [5, 5.41) is 0. The number of allylic oxidation sites excluding steroid dienone is 20. The van der Waals surface area contributed by atoms with Crippen LogP contribution in [-0.2, 0) is 19.2 Å². The molecule has 0 aromatic heterocycles. The Labute approximate surface area is 602 Å². The molecule has 0 radical (unpaired) electrons. The summed E-state index contributed by atoms with van der Waals surface area (Å²) in [7, 11) is 0. The average molecular weight is 1340 g/mol. The minimum absolute atomic E-state index is 0. The highest BCUT2D eigenvalue weighted by Gasteiger charge is 2.68. The first-order valence-electron chi connectivity index (χ1n) is 42.1. The molecule has 0 N–H and O–H groups in total. The Morgan fingerprint density at radius 3 is 0.949 bits per heavy atom. The molecule has 27 rings (SSSR count). The molecule has 538 valence electrons. The molecule has 4 heteroatoms. The second-order valence-electron chi connectivity index (χ2n) is 37.6. The average Bonchev–Trinajstić information content (AvgIpc) is 1.54. The lowest BCUT2D eigenvalue weighted by molar-refractivity contribution is -0.106. The smallest absolute Gasteiger partial charge is 0.116 e. The van der Waals surface area contributed by atoms with Gasteiger partial charge in [0, 0.05) is 0 Å². The van der Waals surface area contributed by atoms with E-state index in [0.717, 1.165) is 174 Å². The van der Waals surface area contributed by atoms with Crippen molar-refractivity contribution in [2.75, 3.05) is 0 Å². The maximum Gasteiger partial charge on any atom is 0.116 e. The Bertz CT molecular complexity index is 2990. The van der Waals surface area contributed by atoms with Crippen molar-refractivity contribution in [3.63, 3.8) is 0 Å². The Kier molecular flexibility index (Phi) is 21.4. The van der Waals surface area contributed by atoms with Gasteiger partial charge in [0.2, 0.25) is 0 Å². The lowest BCUT2D eigenvalue weighted by Gasteiger charge is -2.40. The molecule has 20 bridgehead atoms. The maximum atomic E-state index is 8.81. The summed E-state index contributed by atoms with van der Waals surface area (Å²) in [4.78, 5) is 35.2. The quantitative estimate of drug-likeness (QED) is 0.138. The molecule has 18 fully saturated rings. The number of carbonyl (C=O) groups is 4. The van der Waals surface area contributed by atoms with Gasteiger partial charge in [0.25, 0.3) is 0 Å². The number of hydrogen-bond donors (Lipinski definition) is 0. The Morgan fingerprint density at radius 1 is 0.232 bits per heavy atom. The largest absolute Gasteiger partial charge is 0.304 e. The van der Waals surface area contributed by atoms with E-state index < -0.39 is 0 Å². The first-order valence-corrected chi connectivity index (χ1v) is 42.1. The lowest BCUT2D eigenvalue weighted by Crippen LogP contribution is -2.35. The van der Waals surface area contributed by atoms with Crippen LogP contribution in [0.4, 0.5) is 0 Å². The minimum atomic E-state index is 0. The summed E-state index contributed by atoms with van der Waals surface area (Å²) in [5.41, 5.74) is 0. The Morgan fingerprint density at radius 2 is 0.525 bits per heavy atom. The second-order valence-corrected chi connectivity index (χ2v) is 37.6. The van der Waals surface area contributed by atoms with E-state index in [-0.39, 0.29) is 14.9 Å². The fourth-order valence-electron chi connectivity index (χ4n) is 33.0. The van der Waals surface area contributed by atoms with E-state index in [4.69, 9.17) is 19.2 Å². The normalized spacial score (nSPS) is 53.5. The number of carbonyl (C=O) groups excluding carboxylic acids is 4. The van der Waals surface area contributed by atoms with E-state index in [1.165, 1.54) is 174 Å². The molecule has 18 saturated carbocycles. The fraction of sp³-hybridized carbons (Fsp3) is 0.747. The van der Waals surface area contributed by atoms with Crippen molar-refractivity contribution in [1.29, 1.82) is 0 Å². The van der Waals surface area contributed by atoms with Gasteiger partial charge in [0.15, 0.2) is 0 Å². The molecule has 27 aliphatic carbocycles. The van der Waals surface area contributed by atoms with Gasteiger partial charge >= 0.3 is 0 Å². The number of hydrogen-bond acceptors (Lipinski definition) is 4. The Hall–Kier alpha value is -3.92. The van der Waals surface area contributed by atoms with Gasteiger partial charge in [-0.05, 0) is 419 Å². The zero-order valence-corrected chi connectivity index (χ0v) is 60.3. The van der Waals surface area contributed by atoms with Crippen LogP contribution in [0.5, 0.6) is 0 Å². The number of aldehydes is 4. The maximum absolute atomic E-state index is 8.81. The summed E-state index contributed by atoms with van der Waals surface area (Å²) in [6, 6.07) is 0. The minimum Gasteiger partial charge on any atom is -0.304 e. The molecule has 0 heterocycles. The molecule has 27 aliphatic rings. The summed E-state index contributed by atoms with van der Waals surface area (Å²) in [5.74, 6) is 44.0. The molecular formula is C95H134O4. The van der Waals surface area contributed by atoms with Gasteiger partial charge in [-0.2, -0.15) is 0 Å². The third-order valence-corrected chi connectivity index (χ3v) is 35.0. The molecular weight excluding hydrogens is 1210 g/mol. The zero-order chi connectivity index (χ0) is 65.7. The van der Waals surface area contributed by atoms with Crippen LogP contribution in [0.2, 0.25) is 0 Å². The van der Waals surface area contributed by atoms with Gasteiger partial charge in [-0.1, -0.05) is 143 Å². The molecule has 0 amide bonds. The van der Waals surface area contributed by atoms with Crippen molar-refractivity contribution >= 4 is 25.1 Å². The van der Waals surface area contributed by atoms with E-state index in [1.54, 1.807) is 103 Å². The van der Waals surface area contributed by atoms with Crippen LogP contribution in [-0.4, -0.2) is 25.1 Å². The highest BCUT2D eigenvalue weighted by Crippen LogP contribution is 2.75. The van der Waals surface area contributed by atoms with E-state index in [9.17, 15) is 0 Å². The van der Waals surface area contributed by atoms with Crippen molar-refractivity contribution in [2.45, 2.75) is 203 Å². The second kappa shape index (κ2) is 29.9. The molecule has 0 spiro atoms. The van der Waals surface area contributed by atoms with Crippen LogP contribution >= 0.6 is 0 Å². The van der Waals surface area contributed by atoms with Gasteiger partial charge in [-0.15, -0.1) is 0 Å². The number of rotatable bonds is 0. The monoisotopic (exact) mass is 1340 g/mol. The topological polar surface area (TPSA) is 68.3 Å². The third-order valence-electron chi connectivity index (χ3n) is 35.0. The molecule has 4 nitrogen and oxygen atoms in total. The van der Waals surface area contributed by atoms with Crippen molar-refractivity contribution < 1.29 is 19.2 Å². The van der Waals surface area contributed by atoms with Crippen LogP contribution in [0, 0.1) is 237 Å². The fourth-order valence-corrected chi connectivity index (χ4v) is 33.0. The van der Waals surface area contributed by atoms with E-state index in [2.05, 4.69) is 122 Å². The summed E-state index contributed by atoms with van der Waals surface area (Å²) < 4.78 is 0. The predicted molar refractivity (Wildman–Crippen MR) is 407 cm³/mol. The van der Waals surface area contributed by atoms with Gasteiger partial charge in [-0.3, -0.25) is 0 Å². The predicted octanol–water partition coefficient (Wildman–Crippen LogP) is 22.3. The van der Waals surface area contributed by atoms with Crippen LogP contribution in [0.15, 0.2) is 122 Å². The van der Waals surface area contributed by atoms with Crippen molar-refractivity contribution in [2.24, 2.45) is 237 Å². The van der Waals surface area contributed by atoms with Crippen molar-refractivity contribution in [3.05, 3.63) is 122 Å². The van der Waals surface area contributed by atoms with Gasteiger partial charge in [0.05, 0.1) is 0 Å². The summed E-state index contributed by atoms with van der Waals surface area (Å²) in [6.07, 6.45) is 89.8. The highest BCUT2D eigenvalue weighted by atomic mass is 16.1. The Balaban J connectivity index is 0.0000000926. The van der Waals surface area contributed by atoms with Gasteiger partial charge in [0.1, 0.15) is 25.1 Å². The van der Waals surface area contributed by atoms with Crippen molar-refractivity contribution in [3.8, 4) is 0 Å². The lowest BCUT2D eigenvalue weighted by atomic mass is 9.64. The van der Waals surface area contributed by atoms with Crippen LogP contribution in [0.25, 0.3) is 0 Å². The molecule has 0 saturated heterocycles. The van der Waals surface area contributed by atoms with Crippen LogP contribution in [0.1, 0.15) is 203 Å². The van der Waals surface area contributed by atoms with E-state index >= 15 is 0 Å². The van der Waals surface area contributed by atoms with Crippen molar-refractivity contribution in [1.82, 2.24) is 0 Å². The van der Waals surface area contributed by atoms with E-state index in [0.29, 0.717) is 0 Å². The molecule has 0 aromatic rings. The first kappa shape index (κ1) is 70.7.